The van der Waals surface area contributed by atoms with E-state index in [1.54, 1.807) is 17.1 Å². The van der Waals surface area contributed by atoms with E-state index in [1.807, 2.05) is 11.9 Å². The van der Waals surface area contributed by atoms with Gasteiger partial charge in [-0.2, -0.15) is 5.10 Å². The van der Waals surface area contributed by atoms with Crippen LogP contribution in [-0.4, -0.2) is 52.5 Å². The number of nitrogens with zero attached hydrogens (tertiary/aromatic N) is 3. The first kappa shape index (κ1) is 10.6. The lowest BCUT2D eigenvalue weighted by atomic mass is 9.91. The summed E-state index contributed by atoms with van der Waals surface area (Å²) < 4.78 is 12.4. The van der Waals surface area contributed by atoms with Crippen molar-refractivity contribution in [1.82, 2.24) is 14.7 Å². The van der Waals surface area contributed by atoms with Crippen molar-refractivity contribution in [1.29, 1.82) is 0 Å². The van der Waals surface area contributed by atoms with Crippen LogP contribution in [0.2, 0.25) is 0 Å². The van der Waals surface area contributed by atoms with Crippen molar-refractivity contribution in [2.24, 2.45) is 7.05 Å². The molecule has 2 saturated heterocycles. The molecule has 0 N–H and O–H groups in total. The quantitative estimate of drug-likeness (QED) is 0.730. The van der Waals surface area contributed by atoms with Crippen molar-refractivity contribution >= 4 is 5.91 Å². The van der Waals surface area contributed by atoms with E-state index in [1.165, 1.54) is 0 Å². The molecule has 6 heteroatoms. The highest BCUT2D eigenvalue weighted by Gasteiger charge is 2.45. The molecule has 2 aliphatic heterocycles. The maximum Gasteiger partial charge on any atom is 0.261 e. The molecule has 3 heterocycles. The summed E-state index contributed by atoms with van der Waals surface area (Å²) in [5, 5.41) is 3.98. The SMILES string of the molecule is Cn1cc(OCC(=O)N2C3COCC2C3)cn1. The van der Waals surface area contributed by atoms with E-state index >= 15 is 0 Å². The van der Waals surface area contributed by atoms with Gasteiger partial charge in [0.05, 0.1) is 37.7 Å². The Kier molecular flexibility index (Phi) is 2.51. The number of amides is 1. The molecule has 2 fully saturated rings. The number of hydrogen-bond donors (Lipinski definition) is 0. The van der Waals surface area contributed by atoms with Gasteiger partial charge in [0.1, 0.15) is 0 Å². The number of fused-ring (bicyclic) bond motifs is 2. The molecule has 2 atom stereocenters. The minimum atomic E-state index is 0.0402. The summed E-state index contributed by atoms with van der Waals surface area (Å²) in [6, 6.07) is 0.525. The zero-order valence-corrected chi connectivity index (χ0v) is 9.70. The van der Waals surface area contributed by atoms with Crippen LogP contribution in [0.25, 0.3) is 0 Å². The van der Waals surface area contributed by atoms with Crippen LogP contribution in [0.1, 0.15) is 6.42 Å². The molecule has 0 spiro atoms. The van der Waals surface area contributed by atoms with Gasteiger partial charge in [-0.25, -0.2) is 0 Å². The second-order valence-corrected chi connectivity index (χ2v) is 4.52. The predicted octanol–water partition coefficient (Wildman–Crippen LogP) is -0.201. The van der Waals surface area contributed by atoms with E-state index in [4.69, 9.17) is 9.47 Å². The molecule has 1 aromatic rings. The van der Waals surface area contributed by atoms with Crippen molar-refractivity contribution in [2.75, 3.05) is 19.8 Å². The molecule has 17 heavy (non-hydrogen) atoms. The molecule has 0 aromatic carbocycles. The Balaban J connectivity index is 1.54. The number of carbonyl (C=O) groups is 1. The van der Waals surface area contributed by atoms with Gasteiger partial charge in [0.15, 0.2) is 12.4 Å². The van der Waals surface area contributed by atoms with E-state index in [2.05, 4.69) is 5.10 Å². The average Bonchev–Trinajstić information content (AvgIpc) is 2.73. The van der Waals surface area contributed by atoms with Gasteiger partial charge in [0.2, 0.25) is 0 Å². The lowest BCUT2D eigenvalue weighted by Crippen LogP contribution is -2.66. The van der Waals surface area contributed by atoms with E-state index in [9.17, 15) is 4.79 Å². The summed E-state index contributed by atoms with van der Waals surface area (Å²) in [5.74, 6) is 0.668. The standard InChI is InChI=1S/C11H15N3O3/c1-13-4-10(3-12-13)17-7-11(15)14-8-2-9(14)6-16-5-8/h3-4,8-9H,2,5-7H2,1H3. The van der Waals surface area contributed by atoms with Gasteiger partial charge < -0.3 is 14.4 Å². The number of hydrogen-bond acceptors (Lipinski definition) is 4. The Bertz CT molecular complexity index is 417. The zero-order valence-electron chi connectivity index (χ0n) is 9.70. The summed E-state index contributed by atoms with van der Waals surface area (Å²) in [6.07, 6.45) is 4.42. The fourth-order valence-corrected chi connectivity index (χ4v) is 2.44. The van der Waals surface area contributed by atoms with E-state index < -0.39 is 0 Å². The Morgan fingerprint density at radius 3 is 2.94 bits per heavy atom. The van der Waals surface area contributed by atoms with Crippen LogP contribution in [-0.2, 0) is 16.6 Å². The van der Waals surface area contributed by atoms with Gasteiger partial charge in [0.25, 0.3) is 5.91 Å². The van der Waals surface area contributed by atoms with Crippen molar-refractivity contribution in [3.05, 3.63) is 12.4 Å². The molecule has 1 amide bonds. The lowest BCUT2D eigenvalue weighted by Gasteiger charge is -2.52. The normalized spacial score (nSPS) is 26.5. The maximum atomic E-state index is 11.9. The first-order valence-electron chi connectivity index (χ1n) is 5.74. The number of carbonyl (C=O) groups excluding carboxylic acids is 1. The monoisotopic (exact) mass is 237 g/mol. The Morgan fingerprint density at radius 1 is 1.59 bits per heavy atom. The molecule has 1 aromatic heterocycles. The molecule has 6 nitrogen and oxygen atoms in total. The van der Waals surface area contributed by atoms with Crippen LogP contribution in [0, 0.1) is 0 Å². The summed E-state index contributed by atoms with van der Waals surface area (Å²) in [5.41, 5.74) is 0. The topological polar surface area (TPSA) is 56.6 Å². The molecule has 2 aliphatic rings. The molecule has 0 aliphatic carbocycles. The molecule has 3 rings (SSSR count). The van der Waals surface area contributed by atoms with Crippen LogP contribution in [0.4, 0.5) is 0 Å². The third-order valence-electron chi connectivity index (χ3n) is 3.28. The number of aryl methyl sites for hydroxylation is 1. The van der Waals surface area contributed by atoms with E-state index in [0.717, 1.165) is 6.42 Å². The zero-order chi connectivity index (χ0) is 11.8. The minimum absolute atomic E-state index is 0.0402. The van der Waals surface area contributed by atoms with Gasteiger partial charge in [0, 0.05) is 7.05 Å². The summed E-state index contributed by atoms with van der Waals surface area (Å²) in [4.78, 5) is 13.8. The van der Waals surface area contributed by atoms with Gasteiger partial charge in [-0.1, -0.05) is 0 Å². The summed E-state index contributed by atoms with van der Waals surface area (Å²) in [7, 11) is 1.81. The Hall–Kier alpha value is -1.56. The van der Waals surface area contributed by atoms with Crippen molar-refractivity contribution in [3.8, 4) is 5.75 Å². The largest absolute Gasteiger partial charge is 0.480 e. The van der Waals surface area contributed by atoms with Gasteiger partial charge >= 0.3 is 0 Å². The number of aromatic nitrogens is 2. The second kappa shape index (κ2) is 4.03. The summed E-state index contributed by atoms with van der Waals surface area (Å²) >= 11 is 0. The van der Waals surface area contributed by atoms with Crippen LogP contribution < -0.4 is 4.74 Å². The van der Waals surface area contributed by atoms with E-state index in [-0.39, 0.29) is 24.6 Å². The highest BCUT2D eigenvalue weighted by Crippen LogP contribution is 2.30. The smallest absolute Gasteiger partial charge is 0.261 e. The fourth-order valence-electron chi connectivity index (χ4n) is 2.44. The first-order chi connectivity index (χ1) is 8.24. The third kappa shape index (κ3) is 1.88. The first-order valence-corrected chi connectivity index (χ1v) is 5.74. The van der Waals surface area contributed by atoms with Crippen LogP contribution in [0.15, 0.2) is 12.4 Å². The predicted molar refractivity (Wildman–Crippen MR) is 58.6 cm³/mol. The van der Waals surface area contributed by atoms with E-state index in [0.29, 0.717) is 19.0 Å². The molecule has 2 bridgehead atoms. The molecule has 92 valence electrons. The number of ether oxygens (including phenoxy) is 2. The number of rotatable bonds is 3. The highest BCUT2D eigenvalue weighted by atomic mass is 16.5. The van der Waals surface area contributed by atoms with Crippen LogP contribution in [0.5, 0.6) is 5.75 Å². The third-order valence-corrected chi connectivity index (χ3v) is 3.28. The Morgan fingerprint density at radius 2 is 2.35 bits per heavy atom. The molecular formula is C11H15N3O3. The fraction of sp³-hybridized carbons (Fsp3) is 0.636. The average molecular weight is 237 g/mol. The molecule has 2 unspecified atom stereocenters. The molecule has 0 saturated carbocycles. The lowest BCUT2D eigenvalue weighted by molar-refractivity contribution is -0.169. The van der Waals surface area contributed by atoms with Crippen LogP contribution >= 0.6 is 0 Å². The molecule has 0 radical (unpaired) electrons. The van der Waals surface area contributed by atoms with Crippen LogP contribution in [0.3, 0.4) is 0 Å². The number of morpholine rings is 1. The highest BCUT2D eigenvalue weighted by molar-refractivity contribution is 5.79. The van der Waals surface area contributed by atoms with Gasteiger partial charge in [-0.15, -0.1) is 0 Å². The summed E-state index contributed by atoms with van der Waals surface area (Å²) in [6.45, 7) is 1.41. The Labute approximate surface area is 99.1 Å². The second-order valence-electron chi connectivity index (χ2n) is 4.52. The minimum Gasteiger partial charge on any atom is -0.480 e. The van der Waals surface area contributed by atoms with Gasteiger partial charge in [-0.05, 0) is 6.42 Å². The molecular weight excluding hydrogens is 222 g/mol. The maximum absolute atomic E-state index is 11.9. The van der Waals surface area contributed by atoms with Crippen molar-refractivity contribution < 1.29 is 14.3 Å². The van der Waals surface area contributed by atoms with Gasteiger partial charge in [-0.3, -0.25) is 9.48 Å². The van der Waals surface area contributed by atoms with Crippen molar-refractivity contribution in [2.45, 2.75) is 18.5 Å². The van der Waals surface area contributed by atoms with Crippen molar-refractivity contribution in [3.63, 3.8) is 0 Å².